The number of halogens is 1. The number of Topliss-reactive ketones (excluding diaryl/α,β-unsaturated/α-hetero) is 1. The van der Waals surface area contributed by atoms with Crippen LogP contribution in [0.3, 0.4) is 0 Å². The van der Waals surface area contributed by atoms with Crippen LogP contribution in [0, 0.1) is 0 Å². The maximum absolute atomic E-state index is 12.1. The molecule has 1 saturated heterocycles. The number of rotatable bonds is 3. The first-order valence-corrected chi connectivity index (χ1v) is 6.16. The van der Waals surface area contributed by atoms with Crippen LogP contribution in [0.2, 0.25) is 5.02 Å². The summed E-state index contributed by atoms with van der Waals surface area (Å²) in [5, 5.41) is 0.348. The van der Waals surface area contributed by atoms with E-state index >= 15 is 0 Å². The maximum Gasteiger partial charge on any atom is 0.243 e. The Bertz CT molecular complexity index is 544. The molecule has 0 aliphatic carbocycles. The number of benzene rings is 1. The fraction of sp³-hybridized carbons (Fsp3) is 0.308. The smallest absolute Gasteiger partial charge is 0.243 e. The number of hydrogen-bond donors (Lipinski definition) is 0. The van der Waals surface area contributed by atoms with Crippen LogP contribution in [0.5, 0.6) is 0 Å². The number of likely N-dealkylation sites (N-methyl/N-ethyl adjacent to an activating group) is 1. The van der Waals surface area contributed by atoms with Gasteiger partial charge in [-0.15, -0.1) is 0 Å². The lowest BCUT2D eigenvalue weighted by Gasteiger charge is -2.31. The van der Waals surface area contributed by atoms with Crippen LogP contribution in [-0.2, 0) is 9.59 Å². The SMILES string of the molecule is CN1CC(=O)N(CC(=O)c2ccccc2Cl)CC1=O. The molecule has 2 amide bonds. The van der Waals surface area contributed by atoms with Crippen molar-refractivity contribution in [3.8, 4) is 0 Å². The van der Waals surface area contributed by atoms with E-state index in [0.717, 1.165) is 0 Å². The normalized spacial score (nSPS) is 15.9. The Hall–Kier alpha value is -1.88. The van der Waals surface area contributed by atoms with Gasteiger partial charge in [-0.25, -0.2) is 0 Å². The molecule has 0 N–H and O–H groups in total. The molecule has 1 aliphatic heterocycles. The average Bonchev–Trinajstić information content (AvgIpc) is 2.36. The minimum atomic E-state index is -0.267. The van der Waals surface area contributed by atoms with Gasteiger partial charge in [-0.2, -0.15) is 0 Å². The quantitative estimate of drug-likeness (QED) is 0.771. The van der Waals surface area contributed by atoms with Gasteiger partial charge in [-0.1, -0.05) is 23.7 Å². The van der Waals surface area contributed by atoms with Crippen molar-refractivity contribution in [1.29, 1.82) is 0 Å². The fourth-order valence-electron chi connectivity index (χ4n) is 1.85. The minimum absolute atomic E-state index is 0.00857. The first kappa shape index (κ1) is 13.5. The predicted octanol–water partition coefficient (Wildman–Crippen LogP) is 0.823. The zero-order valence-corrected chi connectivity index (χ0v) is 11.2. The van der Waals surface area contributed by atoms with Crippen molar-refractivity contribution < 1.29 is 14.4 Å². The third-order valence-electron chi connectivity index (χ3n) is 2.99. The first-order valence-electron chi connectivity index (χ1n) is 5.78. The minimum Gasteiger partial charge on any atom is -0.335 e. The standard InChI is InChI=1S/C13H13ClN2O3/c1-15-7-13(19)16(8-12(15)18)6-11(17)9-4-2-3-5-10(9)14/h2-5H,6-8H2,1H3. The van der Waals surface area contributed by atoms with E-state index in [0.29, 0.717) is 10.6 Å². The van der Waals surface area contributed by atoms with E-state index in [-0.39, 0.29) is 37.2 Å². The predicted molar refractivity (Wildman–Crippen MR) is 70.0 cm³/mol. The molecule has 0 radical (unpaired) electrons. The average molecular weight is 281 g/mol. The van der Waals surface area contributed by atoms with E-state index in [1.54, 1.807) is 31.3 Å². The van der Waals surface area contributed by atoms with Gasteiger partial charge in [-0.3, -0.25) is 14.4 Å². The lowest BCUT2D eigenvalue weighted by atomic mass is 10.1. The summed E-state index contributed by atoms with van der Waals surface area (Å²) in [6.45, 7) is -0.178. The van der Waals surface area contributed by atoms with Crippen molar-refractivity contribution in [2.75, 3.05) is 26.7 Å². The molecule has 0 unspecified atom stereocenters. The Balaban J connectivity index is 2.09. The third kappa shape index (κ3) is 2.93. The lowest BCUT2D eigenvalue weighted by molar-refractivity contribution is -0.148. The number of piperazine rings is 1. The molecule has 5 nitrogen and oxygen atoms in total. The molecule has 0 aromatic heterocycles. The number of ketones is 1. The topological polar surface area (TPSA) is 57.7 Å². The van der Waals surface area contributed by atoms with Crippen molar-refractivity contribution in [2.45, 2.75) is 0 Å². The number of carbonyl (C=O) groups excluding carboxylic acids is 3. The summed E-state index contributed by atoms with van der Waals surface area (Å²) in [5.41, 5.74) is 0.364. The summed E-state index contributed by atoms with van der Waals surface area (Å²) in [6, 6.07) is 6.65. The molecule has 100 valence electrons. The molecular weight excluding hydrogens is 268 g/mol. The summed E-state index contributed by atoms with van der Waals surface area (Å²) in [7, 11) is 1.56. The molecule has 19 heavy (non-hydrogen) atoms. The molecule has 1 fully saturated rings. The van der Waals surface area contributed by atoms with Gasteiger partial charge in [0.25, 0.3) is 0 Å². The van der Waals surface area contributed by atoms with E-state index < -0.39 is 0 Å². The van der Waals surface area contributed by atoms with E-state index in [2.05, 4.69) is 0 Å². The van der Waals surface area contributed by atoms with Crippen LogP contribution in [0.15, 0.2) is 24.3 Å². The van der Waals surface area contributed by atoms with Crippen LogP contribution in [0.1, 0.15) is 10.4 Å². The van der Waals surface area contributed by atoms with Gasteiger partial charge >= 0.3 is 0 Å². The van der Waals surface area contributed by atoms with Gasteiger partial charge in [0, 0.05) is 12.6 Å². The van der Waals surface area contributed by atoms with Crippen LogP contribution < -0.4 is 0 Å². The van der Waals surface area contributed by atoms with Gasteiger partial charge in [0.05, 0.1) is 18.1 Å². The summed E-state index contributed by atoms with van der Waals surface area (Å²) < 4.78 is 0. The molecule has 1 aliphatic rings. The summed E-state index contributed by atoms with van der Waals surface area (Å²) in [5.74, 6) is -0.676. The van der Waals surface area contributed by atoms with Crippen molar-refractivity contribution in [2.24, 2.45) is 0 Å². The van der Waals surface area contributed by atoms with Crippen molar-refractivity contribution >= 4 is 29.2 Å². The highest BCUT2D eigenvalue weighted by molar-refractivity contribution is 6.34. The lowest BCUT2D eigenvalue weighted by Crippen LogP contribution is -2.53. The van der Waals surface area contributed by atoms with Gasteiger partial charge in [0.15, 0.2) is 5.78 Å². The summed E-state index contributed by atoms with van der Waals surface area (Å²) in [4.78, 5) is 37.9. The Kier molecular flexibility index (Phi) is 3.85. The zero-order chi connectivity index (χ0) is 14.0. The molecule has 1 aromatic carbocycles. The van der Waals surface area contributed by atoms with Gasteiger partial charge in [0.2, 0.25) is 11.8 Å². The maximum atomic E-state index is 12.1. The first-order chi connectivity index (χ1) is 8.99. The molecule has 1 heterocycles. The molecule has 6 heteroatoms. The molecular formula is C13H13ClN2O3. The highest BCUT2D eigenvalue weighted by Gasteiger charge is 2.29. The van der Waals surface area contributed by atoms with Gasteiger partial charge in [-0.05, 0) is 12.1 Å². The van der Waals surface area contributed by atoms with Crippen molar-refractivity contribution in [3.05, 3.63) is 34.9 Å². The highest BCUT2D eigenvalue weighted by Crippen LogP contribution is 2.16. The van der Waals surface area contributed by atoms with Gasteiger partial charge in [0.1, 0.15) is 6.54 Å². The molecule has 0 bridgehead atoms. The number of carbonyl (C=O) groups is 3. The molecule has 0 saturated carbocycles. The molecule has 1 aromatic rings. The highest BCUT2D eigenvalue weighted by atomic mass is 35.5. The Morgan fingerprint density at radius 1 is 1.21 bits per heavy atom. The Morgan fingerprint density at radius 2 is 1.89 bits per heavy atom. The van der Waals surface area contributed by atoms with E-state index in [9.17, 15) is 14.4 Å². The van der Waals surface area contributed by atoms with Crippen LogP contribution in [0.4, 0.5) is 0 Å². The van der Waals surface area contributed by atoms with Crippen LogP contribution in [0.25, 0.3) is 0 Å². The number of amides is 2. The summed E-state index contributed by atoms with van der Waals surface area (Å²) >= 11 is 5.93. The second kappa shape index (κ2) is 5.40. The summed E-state index contributed by atoms with van der Waals surface area (Å²) in [6.07, 6.45) is 0. The third-order valence-corrected chi connectivity index (χ3v) is 3.32. The van der Waals surface area contributed by atoms with Crippen molar-refractivity contribution in [3.63, 3.8) is 0 Å². The zero-order valence-electron chi connectivity index (χ0n) is 10.4. The molecule has 2 rings (SSSR count). The fourth-order valence-corrected chi connectivity index (χ4v) is 2.09. The van der Waals surface area contributed by atoms with Crippen LogP contribution in [-0.4, -0.2) is 54.1 Å². The van der Waals surface area contributed by atoms with E-state index in [1.165, 1.54) is 9.80 Å². The monoisotopic (exact) mass is 280 g/mol. The second-order valence-electron chi connectivity index (χ2n) is 4.40. The van der Waals surface area contributed by atoms with E-state index in [1.807, 2.05) is 0 Å². The second-order valence-corrected chi connectivity index (χ2v) is 4.81. The number of nitrogens with zero attached hydrogens (tertiary/aromatic N) is 2. The molecule has 0 atom stereocenters. The van der Waals surface area contributed by atoms with Gasteiger partial charge < -0.3 is 9.80 Å². The number of hydrogen-bond acceptors (Lipinski definition) is 3. The van der Waals surface area contributed by atoms with Crippen molar-refractivity contribution in [1.82, 2.24) is 9.80 Å². The molecule has 0 spiro atoms. The van der Waals surface area contributed by atoms with E-state index in [4.69, 9.17) is 11.6 Å². The Morgan fingerprint density at radius 3 is 2.58 bits per heavy atom. The Labute approximate surface area is 115 Å². The largest absolute Gasteiger partial charge is 0.335 e. The van der Waals surface area contributed by atoms with Crippen LogP contribution >= 0.6 is 11.6 Å².